The van der Waals surface area contributed by atoms with Crippen molar-refractivity contribution in [3.05, 3.63) is 29.6 Å². The molecule has 2 aliphatic rings. The first-order valence-corrected chi connectivity index (χ1v) is 8.80. The summed E-state index contributed by atoms with van der Waals surface area (Å²) >= 11 is 0. The topological polar surface area (TPSA) is 29.5 Å². The Morgan fingerprint density at radius 1 is 1.17 bits per heavy atom. The molecule has 1 amide bonds. The highest BCUT2D eigenvalue weighted by Crippen LogP contribution is 2.38. The Kier molecular flexibility index (Phi) is 4.88. The fourth-order valence-electron chi connectivity index (χ4n) is 3.80. The Balaban J connectivity index is 1.81. The first-order valence-electron chi connectivity index (χ1n) is 8.80. The summed E-state index contributed by atoms with van der Waals surface area (Å²) in [6.45, 7) is 2.24. The van der Waals surface area contributed by atoms with Crippen molar-refractivity contribution in [3.63, 3.8) is 0 Å². The molecule has 0 saturated heterocycles. The molecule has 2 fully saturated rings. The Morgan fingerprint density at radius 3 is 2.30 bits per heavy atom. The fraction of sp³-hybridized carbons (Fsp3) is 0.632. The van der Waals surface area contributed by atoms with Crippen molar-refractivity contribution in [2.24, 2.45) is 5.92 Å². The number of ether oxygens (including phenoxy) is 1. The van der Waals surface area contributed by atoms with E-state index in [1.165, 1.54) is 38.5 Å². The molecular weight excluding hydrogens is 293 g/mol. The normalized spacial score (nSPS) is 24.3. The van der Waals surface area contributed by atoms with Crippen molar-refractivity contribution in [2.45, 2.75) is 64.0 Å². The molecule has 23 heavy (non-hydrogen) atoms. The summed E-state index contributed by atoms with van der Waals surface area (Å²) in [5.74, 6) is 0.804. The van der Waals surface area contributed by atoms with Crippen LogP contribution < -0.4 is 4.74 Å². The second kappa shape index (κ2) is 6.90. The number of carbonyl (C=O) groups excluding carboxylic acids is 1. The molecule has 126 valence electrons. The highest BCUT2D eigenvalue weighted by atomic mass is 19.1. The average molecular weight is 319 g/mol. The molecule has 1 aromatic carbocycles. The monoisotopic (exact) mass is 319 g/mol. The van der Waals surface area contributed by atoms with Crippen molar-refractivity contribution in [1.29, 1.82) is 0 Å². The quantitative estimate of drug-likeness (QED) is 0.804. The summed E-state index contributed by atoms with van der Waals surface area (Å²) in [4.78, 5) is 15.1. The van der Waals surface area contributed by atoms with Gasteiger partial charge in [0.05, 0.1) is 12.7 Å². The van der Waals surface area contributed by atoms with Gasteiger partial charge in [0.15, 0.2) is 0 Å². The number of hydrogen-bond donors (Lipinski definition) is 0. The molecule has 0 atom stereocenters. The second-order valence-electron chi connectivity index (χ2n) is 6.87. The number of hydrogen-bond acceptors (Lipinski definition) is 2. The third-order valence-electron chi connectivity index (χ3n) is 5.35. The van der Waals surface area contributed by atoms with Crippen molar-refractivity contribution < 1.29 is 13.9 Å². The van der Waals surface area contributed by atoms with Gasteiger partial charge in [0.1, 0.15) is 11.6 Å². The lowest BCUT2D eigenvalue weighted by Crippen LogP contribution is -2.44. The third-order valence-corrected chi connectivity index (χ3v) is 5.35. The minimum absolute atomic E-state index is 0.0659. The van der Waals surface area contributed by atoms with E-state index >= 15 is 0 Å². The van der Waals surface area contributed by atoms with E-state index in [9.17, 15) is 9.18 Å². The molecule has 0 aromatic heterocycles. The summed E-state index contributed by atoms with van der Waals surface area (Å²) in [6, 6.07) is 4.82. The molecule has 3 nitrogen and oxygen atoms in total. The molecule has 1 aromatic rings. The first-order chi connectivity index (χ1) is 11.1. The van der Waals surface area contributed by atoms with Crippen LogP contribution in [0.4, 0.5) is 4.39 Å². The zero-order valence-electron chi connectivity index (χ0n) is 14.1. The lowest BCUT2D eigenvalue weighted by molar-refractivity contribution is 0.0583. The number of carbonyl (C=O) groups is 1. The molecule has 0 N–H and O–H groups in total. The van der Waals surface area contributed by atoms with E-state index in [1.807, 2.05) is 4.90 Å². The van der Waals surface area contributed by atoms with Gasteiger partial charge in [-0.2, -0.15) is 0 Å². The maximum Gasteiger partial charge on any atom is 0.258 e. The van der Waals surface area contributed by atoms with Crippen molar-refractivity contribution in [2.75, 3.05) is 7.11 Å². The van der Waals surface area contributed by atoms with Crippen LogP contribution in [-0.4, -0.2) is 30.0 Å². The summed E-state index contributed by atoms with van der Waals surface area (Å²) in [6.07, 6.45) is 7.88. The zero-order chi connectivity index (χ0) is 16.4. The molecular formula is C19H26FNO2. The van der Waals surface area contributed by atoms with Gasteiger partial charge in [-0.25, -0.2) is 4.39 Å². The highest BCUT2D eigenvalue weighted by molar-refractivity contribution is 5.97. The summed E-state index contributed by atoms with van der Waals surface area (Å²) in [5.41, 5.74) is 0.358. The zero-order valence-corrected chi connectivity index (χ0v) is 14.1. The van der Waals surface area contributed by atoms with Crippen LogP contribution in [0.2, 0.25) is 0 Å². The molecule has 0 radical (unpaired) electrons. The molecule has 3 rings (SSSR count). The van der Waals surface area contributed by atoms with Crippen molar-refractivity contribution >= 4 is 5.91 Å². The lowest BCUT2D eigenvalue weighted by Gasteiger charge is -2.37. The molecule has 0 spiro atoms. The van der Waals surface area contributed by atoms with Gasteiger partial charge in [0.2, 0.25) is 0 Å². The van der Waals surface area contributed by atoms with Crippen LogP contribution in [0.15, 0.2) is 18.2 Å². The highest BCUT2D eigenvalue weighted by Gasteiger charge is 2.39. The minimum Gasteiger partial charge on any atom is -0.496 e. The number of benzene rings is 1. The molecule has 0 bridgehead atoms. The van der Waals surface area contributed by atoms with Crippen LogP contribution in [0.3, 0.4) is 0 Å². The predicted octanol–water partition coefficient (Wildman–Crippen LogP) is 4.41. The van der Waals surface area contributed by atoms with Crippen LogP contribution >= 0.6 is 0 Å². The molecule has 0 heterocycles. The van der Waals surface area contributed by atoms with Gasteiger partial charge in [-0.3, -0.25) is 4.79 Å². The number of methoxy groups -OCH3 is 1. The second-order valence-corrected chi connectivity index (χ2v) is 6.87. The van der Waals surface area contributed by atoms with Crippen LogP contribution in [-0.2, 0) is 0 Å². The van der Waals surface area contributed by atoms with Gasteiger partial charge in [0.25, 0.3) is 5.91 Å². The Hall–Kier alpha value is -1.58. The van der Waals surface area contributed by atoms with Crippen LogP contribution in [0.25, 0.3) is 0 Å². The smallest absolute Gasteiger partial charge is 0.258 e. The molecule has 4 heteroatoms. The molecule has 0 unspecified atom stereocenters. The van der Waals surface area contributed by atoms with Gasteiger partial charge in [0, 0.05) is 12.1 Å². The Labute approximate surface area is 137 Å². The Morgan fingerprint density at radius 2 is 1.78 bits per heavy atom. The molecule has 2 saturated carbocycles. The third kappa shape index (κ3) is 3.51. The number of nitrogens with zero attached hydrogens (tertiary/aromatic N) is 1. The maximum atomic E-state index is 13.6. The van der Waals surface area contributed by atoms with E-state index in [4.69, 9.17) is 4.74 Å². The van der Waals surface area contributed by atoms with Crippen molar-refractivity contribution in [3.8, 4) is 5.75 Å². The largest absolute Gasteiger partial charge is 0.496 e. The minimum atomic E-state index is -0.389. The summed E-state index contributed by atoms with van der Waals surface area (Å²) in [5, 5.41) is 0. The maximum absolute atomic E-state index is 13.6. The van der Waals surface area contributed by atoms with Gasteiger partial charge in [-0.15, -0.1) is 0 Å². The van der Waals surface area contributed by atoms with Crippen LogP contribution in [0.5, 0.6) is 5.75 Å². The van der Waals surface area contributed by atoms with E-state index in [-0.39, 0.29) is 11.7 Å². The molecule has 0 aliphatic heterocycles. The van der Waals surface area contributed by atoms with E-state index in [0.29, 0.717) is 23.4 Å². The SMILES string of the molecule is CCC1CCC(N(C(=O)c2cc(F)ccc2OC)C2CC2)CC1. The number of amides is 1. The van der Waals surface area contributed by atoms with Crippen LogP contribution in [0, 0.1) is 11.7 Å². The van der Waals surface area contributed by atoms with Gasteiger partial charge >= 0.3 is 0 Å². The number of rotatable bonds is 5. The fourth-order valence-corrected chi connectivity index (χ4v) is 3.80. The standard InChI is InChI=1S/C19H26FNO2/c1-3-13-4-7-15(8-5-13)21(16-9-10-16)19(22)17-12-14(20)6-11-18(17)23-2/h6,11-13,15-16H,3-5,7-10H2,1-2H3. The van der Waals surface area contributed by atoms with Crippen LogP contribution in [0.1, 0.15) is 62.2 Å². The van der Waals surface area contributed by atoms with Gasteiger partial charge in [-0.1, -0.05) is 13.3 Å². The van der Waals surface area contributed by atoms with E-state index in [0.717, 1.165) is 31.6 Å². The van der Waals surface area contributed by atoms with E-state index in [1.54, 1.807) is 6.07 Å². The first kappa shape index (κ1) is 16.3. The van der Waals surface area contributed by atoms with Crippen molar-refractivity contribution in [1.82, 2.24) is 4.90 Å². The van der Waals surface area contributed by atoms with Gasteiger partial charge < -0.3 is 9.64 Å². The average Bonchev–Trinajstić information content (AvgIpc) is 3.40. The predicted molar refractivity (Wildman–Crippen MR) is 88.2 cm³/mol. The van der Waals surface area contributed by atoms with Gasteiger partial charge in [-0.05, 0) is 62.6 Å². The van der Waals surface area contributed by atoms with E-state index in [2.05, 4.69) is 6.92 Å². The lowest BCUT2D eigenvalue weighted by atomic mass is 9.83. The Bertz CT molecular complexity index is 562. The number of halogens is 1. The van der Waals surface area contributed by atoms with E-state index < -0.39 is 0 Å². The summed E-state index contributed by atoms with van der Waals surface area (Å²) < 4.78 is 18.9. The molecule has 2 aliphatic carbocycles. The summed E-state index contributed by atoms with van der Waals surface area (Å²) in [7, 11) is 1.53.